The molecule has 58 valence electrons. The Morgan fingerprint density at radius 2 is 2.55 bits per heavy atom. The molecule has 0 saturated carbocycles. The Morgan fingerprint density at radius 1 is 1.82 bits per heavy atom. The van der Waals surface area contributed by atoms with Crippen LogP contribution in [-0.4, -0.2) is 31.2 Å². The molecule has 1 fully saturated rings. The Hall–Kier alpha value is -0.975. The summed E-state index contributed by atoms with van der Waals surface area (Å²) < 4.78 is 0. The predicted molar refractivity (Wildman–Crippen MR) is 43.7 cm³/mol. The van der Waals surface area contributed by atoms with E-state index < -0.39 is 0 Å². The van der Waals surface area contributed by atoms with E-state index in [9.17, 15) is 4.79 Å². The third-order valence-corrected chi connectivity index (χ3v) is 2.02. The summed E-state index contributed by atoms with van der Waals surface area (Å²) in [7, 11) is 1.83. The standard InChI is InChI=1S/C7H11BN2O/c8-4-7(11)10-3-1-2-6(10)5-9/h6H,1-4,8H2/t6-/m0/s1. The minimum Gasteiger partial charge on any atom is -0.327 e. The zero-order valence-corrected chi connectivity index (χ0v) is 6.71. The van der Waals surface area contributed by atoms with E-state index in [0.717, 1.165) is 19.4 Å². The highest BCUT2D eigenvalue weighted by Crippen LogP contribution is 2.16. The normalized spacial score (nSPS) is 23.2. The molecule has 1 heterocycles. The van der Waals surface area contributed by atoms with Gasteiger partial charge in [-0.25, -0.2) is 0 Å². The topological polar surface area (TPSA) is 44.1 Å². The molecule has 0 aromatic heterocycles. The highest BCUT2D eigenvalue weighted by molar-refractivity contribution is 6.19. The number of nitriles is 1. The molecule has 1 rings (SSSR count). The number of likely N-dealkylation sites (tertiary alicyclic amines) is 1. The van der Waals surface area contributed by atoms with Crippen LogP contribution in [0.1, 0.15) is 12.8 Å². The third-order valence-electron chi connectivity index (χ3n) is 2.02. The lowest BCUT2D eigenvalue weighted by Crippen LogP contribution is -2.33. The van der Waals surface area contributed by atoms with Crippen LogP contribution >= 0.6 is 0 Å². The summed E-state index contributed by atoms with van der Waals surface area (Å²) >= 11 is 0. The van der Waals surface area contributed by atoms with Crippen LogP contribution < -0.4 is 0 Å². The molecule has 1 amide bonds. The maximum Gasteiger partial charge on any atom is 0.215 e. The zero-order valence-electron chi connectivity index (χ0n) is 6.71. The molecule has 0 unspecified atom stereocenters. The molecule has 1 aliphatic rings. The average molecular weight is 150 g/mol. The predicted octanol–water partition coefficient (Wildman–Crippen LogP) is -0.448. The number of amides is 1. The molecule has 1 saturated heterocycles. The van der Waals surface area contributed by atoms with Crippen LogP contribution in [0.2, 0.25) is 6.32 Å². The molecule has 0 spiro atoms. The number of hydrogen-bond acceptors (Lipinski definition) is 2. The van der Waals surface area contributed by atoms with E-state index in [-0.39, 0.29) is 11.9 Å². The Bertz CT molecular complexity index is 199. The van der Waals surface area contributed by atoms with Gasteiger partial charge in [0, 0.05) is 6.54 Å². The minimum atomic E-state index is -0.151. The molecular weight excluding hydrogens is 139 g/mol. The van der Waals surface area contributed by atoms with Gasteiger partial charge < -0.3 is 4.90 Å². The molecule has 4 heteroatoms. The van der Waals surface area contributed by atoms with Gasteiger partial charge in [-0.05, 0) is 19.2 Å². The molecule has 1 aliphatic heterocycles. The van der Waals surface area contributed by atoms with Gasteiger partial charge in [0.05, 0.1) is 6.07 Å². The Balaban J connectivity index is 2.58. The van der Waals surface area contributed by atoms with Crippen molar-refractivity contribution in [2.24, 2.45) is 0 Å². The highest BCUT2D eigenvalue weighted by Gasteiger charge is 2.26. The summed E-state index contributed by atoms with van der Waals surface area (Å²) in [4.78, 5) is 12.8. The first-order chi connectivity index (χ1) is 5.29. The second kappa shape index (κ2) is 3.43. The first kappa shape index (κ1) is 8.12. The maximum atomic E-state index is 11.2. The number of carbonyl (C=O) groups is 1. The summed E-state index contributed by atoms with van der Waals surface area (Å²) in [5.74, 6) is 0.106. The van der Waals surface area contributed by atoms with E-state index in [1.807, 2.05) is 7.85 Å². The number of hydrogen-bond donors (Lipinski definition) is 0. The minimum absolute atomic E-state index is 0.106. The van der Waals surface area contributed by atoms with Crippen molar-refractivity contribution in [3.63, 3.8) is 0 Å². The van der Waals surface area contributed by atoms with Gasteiger partial charge >= 0.3 is 0 Å². The van der Waals surface area contributed by atoms with Gasteiger partial charge in [0.25, 0.3) is 0 Å². The smallest absolute Gasteiger partial charge is 0.215 e. The van der Waals surface area contributed by atoms with Gasteiger partial charge in [-0.1, -0.05) is 0 Å². The molecule has 0 radical (unpaired) electrons. The first-order valence-corrected chi connectivity index (χ1v) is 3.98. The number of nitrogens with zero attached hydrogens (tertiary/aromatic N) is 2. The quantitative estimate of drug-likeness (QED) is 0.475. The van der Waals surface area contributed by atoms with Crippen LogP contribution in [0.4, 0.5) is 0 Å². The van der Waals surface area contributed by atoms with Crippen molar-refractivity contribution < 1.29 is 4.79 Å². The lowest BCUT2D eigenvalue weighted by molar-refractivity contribution is -0.128. The number of carbonyl (C=O) groups excluding carboxylic acids is 1. The van der Waals surface area contributed by atoms with Gasteiger partial charge in [0.1, 0.15) is 13.9 Å². The van der Waals surface area contributed by atoms with Crippen molar-refractivity contribution in [1.29, 1.82) is 5.26 Å². The van der Waals surface area contributed by atoms with Crippen molar-refractivity contribution in [3.05, 3.63) is 0 Å². The number of rotatable bonds is 1. The molecule has 0 aromatic rings. The summed E-state index contributed by atoms with van der Waals surface area (Å²) in [6.45, 7) is 0.769. The Morgan fingerprint density at radius 3 is 3.09 bits per heavy atom. The van der Waals surface area contributed by atoms with Crippen molar-refractivity contribution in [2.45, 2.75) is 25.2 Å². The van der Waals surface area contributed by atoms with Crippen LogP contribution in [0.5, 0.6) is 0 Å². The molecular formula is C7H11BN2O. The van der Waals surface area contributed by atoms with Crippen LogP contribution in [0, 0.1) is 11.3 Å². The summed E-state index contributed by atoms with van der Waals surface area (Å²) in [5, 5.41) is 8.64. The van der Waals surface area contributed by atoms with Crippen LogP contribution in [0.15, 0.2) is 0 Å². The maximum absolute atomic E-state index is 11.2. The monoisotopic (exact) mass is 150 g/mol. The lowest BCUT2D eigenvalue weighted by Gasteiger charge is -2.18. The molecule has 0 bridgehead atoms. The van der Waals surface area contributed by atoms with E-state index in [1.165, 1.54) is 0 Å². The molecule has 0 N–H and O–H groups in total. The molecule has 3 nitrogen and oxygen atoms in total. The molecule has 1 atom stereocenters. The molecule has 0 aliphatic carbocycles. The van der Waals surface area contributed by atoms with Crippen molar-refractivity contribution in [2.75, 3.05) is 6.54 Å². The van der Waals surface area contributed by atoms with Crippen LogP contribution in [-0.2, 0) is 4.79 Å². The first-order valence-electron chi connectivity index (χ1n) is 3.98. The largest absolute Gasteiger partial charge is 0.327 e. The second-order valence-corrected chi connectivity index (χ2v) is 2.73. The van der Waals surface area contributed by atoms with Gasteiger partial charge in [-0.15, -0.1) is 0 Å². The fourth-order valence-corrected chi connectivity index (χ4v) is 1.40. The summed E-state index contributed by atoms with van der Waals surface area (Å²) in [6, 6.07) is 1.98. The molecule has 11 heavy (non-hydrogen) atoms. The lowest BCUT2D eigenvalue weighted by atomic mass is 10.0. The van der Waals surface area contributed by atoms with Gasteiger partial charge in [0.2, 0.25) is 5.91 Å². The van der Waals surface area contributed by atoms with Crippen molar-refractivity contribution in [3.8, 4) is 6.07 Å². The van der Waals surface area contributed by atoms with Gasteiger partial charge in [-0.2, -0.15) is 5.26 Å². The summed E-state index contributed by atoms with van der Waals surface area (Å²) in [5.41, 5.74) is 0. The van der Waals surface area contributed by atoms with E-state index in [4.69, 9.17) is 5.26 Å². The Labute approximate surface area is 67.4 Å². The van der Waals surface area contributed by atoms with Crippen LogP contribution in [0.3, 0.4) is 0 Å². The third kappa shape index (κ3) is 1.54. The Kier molecular flexibility index (Phi) is 2.53. The van der Waals surface area contributed by atoms with Gasteiger partial charge in [0.15, 0.2) is 0 Å². The van der Waals surface area contributed by atoms with E-state index in [0.29, 0.717) is 6.32 Å². The fraction of sp³-hybridized carbons (Fsp3) is 0.714. The summed E-state index contributed by atoms with van der Waals surface area (Å²) in [6.07, 6.45) is 2.34. The van der Waals surface area contributed by atoms with E-state index >= 15 is 0 Å². The van der Waals surface area contributed by atoms with Gasteiger partial charge in [-0.3, -0.25) is 4.79 Å². The second-order valence-electron chi connectivity index (χ2n) is 2.73. The average Bonchev–Trinajstić information content (AvgIpc) is 2.50. The van der Waals surface area contributed by atoms with E-state index in [2.05, 4.69) is 6.07 Å². The zero-order chi connectivity index (χ0) is 8.27. The SMILES string of the molecule is BCC(=O)N1CCC[C@H]1C#N. The molecule has 0 aromatic carbocycles. The van der Waals surface area contributed by atoms with Crippen molar-refractivity contribution in [1.82, 2.24) is 4.90 Å². The van der Waals surface area contributed by atoms with Crippen LogP contribution in [0.25, 0.3) is 0 Å². The highest BCUT2D eigenvalue weighted by atomic mass is 16.2. The fourth-order valence-electron chi connectivity index (χ4n) is 1.40. The van der Waals surface area contributed by atoms with Crippen molar-refractivity contribution >= 4 is 13.8 Å². The van der Waals surface area contributed by atoms with E-state index in [1.54, 1.807) is 4.90 Å².